The lowest BCUT2D eigenvalue weighted by Crippen LogP contribution is -2.32. The quantitative estimate of drug-likeness (QED) is 0.796. The van der Waals surface area contributed by atoms with Crippen LogP contribution in [0.4, 0.5) is 0 Å². The molecule has 0 unspecified atom stereocenters. The number of benzene rings is 1. The average molecular weight is 422 g/mol. The summed E-state index contributed by atoms with van der Waals surface area (Å²) in [6, 6.07) is 7.78. The maximum Gasteiger partial charge on any atom is 0.251 e. The summed E-state index contributed by atoms with van der Waals surface area (Å²) in [6.45, 7) is 2.81. The van der Waals surface area contributed by atoms with E-state index >= 15 is 0 Å². The molecule has 6 nitrogen and oxygen atoms in total. The van der Waals surface area contributed by atoms with Gasteiger partial charge >= 0.3 is 0 Å². The van der Waals surface area contributed by atoms with E-state index in [1.54, 1.807) is 18.5 Å². The van der Waals surface area contributed by atoms with Crippen molar-refractivity contribution in [2.24, 2.45) is 0 Å². The minimum absolute atomic E-state index is 0.0160. The predicted molar refractivity (Wildman–Crippen MR) is 109 cm³/mol. The van der Waals surface area contributed by atoms with Gasteiger partial charge in [-0.25, -0.2) is 8.42 Å². The SMILES string of the molecule is C[C@H](NC(=O)c1ccc(Cl)c(S(=O)(=O)N2CCCCCC2)c1)c1cccnc1. The molecule has 150 valence electrons. The molecular weight excluding hydrogens is 398 g/mol. The summed E-state index contributed by atoms with van der Waals surface area (Å²) in [5.74, 6) is -0.361. The maximum absolute atomic E-state index is 13.1. The minimum Gasteiger partial charge on any atom is -0.345 e. The summed E-state index contributed by atoms with van der Waals surface area (Å²) >= 11 is 6.20. The van der Waals surface area contributed by atoms with Crippen LogP contribution in [0.3, 0.4) is 0 Å². The van der Waals surface area contributed by atoms with Gasteiger partial charge in [-0.05, 0) is 49.6 Å². The van der Waals surface area contributed by atoms with Crippen LogP contribution in [0.15, 0.2) is 47.6 Å². The molecule has 1 fully saturated rings. The van der Waals surface area contributed by atoms with E-state index in [2.05, 4.69) is 10.3 Å². The summed E-state index contributed by atoms with van der Waals surface area (Å²) < 4.78 is 27.6. The van der Waals surface area contributed by atoms with Crippen molar-refractivity contribution >= 4 is 27.5 Å². The van der Waals surface area contributed by atoms with Crippen LogP contribution < -0.4 is 5.32 Å². The lowest BCUT2D eigenvalue weighted by molar-refractivity contribution is 0.0939. The van der Waals surface area contributed by atoms with Gasteiger partial charge in [-0.1, -0.05) is 30.5 Å². The second kappa shape index (κ2) is 9.03. The molecular formula is C20H24ClN3O3S. The molecule has 2 aromatic rings. The summed E-state index contributed by atoms with van der Waals surface area (Å²) in [4.78, 5) is 16.7. The van der Waals surface area contributed by atoms with Gasteiger partial charge in [0.2, 0.25) is 10.0 Å². The third-order valence-corrected chi connectivity index (χ3v) is 7.29. The number of halogens is 1. The lowest BCUT2D eigenvalue weighted by Gasteiger charge is -2.21. The highest BCUT2D eigenvalue weighted by atomic mass is 35.5. The normalized spacial score (nSPS) is 16.9. The van der Waals surface area contributed by atoms with Gasteiger partial charge in [-0.15, -0.1) is 0 Å². The fourth-order valence-corrected chi connectivity index (χ4v) is 5.28. The molecule has 0 radical (unpaired) electrons. The van der Waals surface area contributed by atoms with Crippen LogP contribution in [0, 0.1) is 0 Å². The van der Waals surface area contributed by atoms with Crippen LogP contribution in [0.5, 0.6) is 0 Å². The zero-order chi connectivity index (χ0) is 20.1. The van der Waals surface area contributed by atoms with Gasteiger partial charge in [0.25, 0.3) is 5.91 Å². The number of aromatic nitrogens is 1. The van der Waals surface area contributed by atoms with Gasteiger partial charge in [-0.2, -0.15) is 4.31 Å². The molecule has 1 aliphatic rings. The molecule has 1 aliphatic heterocycles. The van der Waals surface area contributed by atoms with E-state index in [4.69, 9.17) is 11.6 Å². The zero-order valence-corrected chi connectivity index (χ0v) is 17.3. The Kier molecular flexibility index (Phi) is 6.69. The van der Waals surface area contributed by atoms with Crippen LogP contribution >= 0.6 is 11.6 Å². The van der Waals surface area contributed by atoms with E-state index in [0.29, 0.717) is 13.1 Å². The molecule has 0 spiro atoms. The van der Waals surface area contributed by atoms with Crippen molar-refractivity contribution in [1.29, 1.82) is 0 Å². The van der Waals surface area contributed by atoms with Crippen molar-refractivity contribution in [3.63, 3.8) is 0 Å². The zero-order valence-electron chi connectivity index (χ0n) is 15.8. The molecule has 2 heterocycles. The lowest BCUT2D eigenvalue weighted by atomic mass is 10.1. The number of nitrogens with one attached hydrogen (secondary N) is 1. The van der Waals surface area contributed by atoms with Crippen molar-refractivity contribution in [2.75, 3.05) is 13.1 Å². The smallest absolute Gasteiger partial charge is 0.251 e. The molecule has 0 bridgehead atoms. The molecule has 1 atom stereocenters. The molecule has 1 aromatic carbocycles. The van der Waals surface area contributed by atoms with E-state index in [-0.39, 0.29) is 27.4 Å². The number of rotatable bonds is 5. The number of sulfonamides is 1. The van der Waals surface area contributed by atoms with E-state index in [9.17, 15) is 13.2 Å². The Hall–Kier alpha value is -1.96. The first kappa shape index (κ1) is 20.8. The van der Waals surface area contributed by atoms with E-state index in [1.165, 1.54) is 22.5 Å². The van der Waals surface area contributed by atoms with Gasteiger partial charge in [-0.3, -0.25) is 9.78 Å². The summed E-state index contributed by atoms with van der Waals surface area (Å²) in [5.41, 5.74) is 1.12. The third kappa shape index (κ3) is 4.71. The fourth-order valence-electron chi connectivity index (χ4n) is 3.26. The highest BCUT2D eigenvalue weighted by molar-refractivity contribution is 7.89. The first-order valence-corrected chi connectivity index (χ1v) is 11.2. The van der Waals surface area contributed by atoms with Crippen molar-refractivity contribution in [1.82, 2.24) is 14.6 Å². The van der Waals surface area contributed by atoms with Crippen molar-refractivity contribution in [3.05, 3.63) is 58.9 Å². The molecule has 0 aliphatic carbocycles. The van der Waals surface area contributed by atoms with Gasteiger partial charge in [0, 0.05) is 31.0 Å². The van der Waals surface area contributed by atoms with Crippen molar-refractivity contribution in [3.8, 4) is 0 Å². The van der Waals surface area contributed by atoms with E-state index in [1.807, 2.05) is 13.0 Å². The summed E-state index contributed by atoms with van der Waals surface area (Å²) in [7, 11) is -3.74. The average Bonchev–Trinajstić information content (AvgIpc) is 2.99. The molecule has 1 amide bonds. The number of pyridine rings is 1. The number of carbonyl (C=O) groups excluding carboxylic acids is 1. The van der Waals surface area contributed by atoms with Crippen LogP contribution in [-0.2, 0) is 10.0 Å². The van der Waals surface area contributed by atoms with Crippen molar-refractivity contribution < 1.29 is 13.2 Å². The predicted octanol–water partition coefficient (Wildman–Crippen LogP) is 3.79. The Labute approximate surface area is 171 Å². The topological polar surface area (TPSA) is 79.4 Å². The number of nitrogens with zero attached hydrogens (tertiary/aromatic N) is 2. The Bertz CT molecular complexity index is 927. The van der Waals surface area contributed by atoms with Crippen LogP contribution in [0.2, 0.25) is 5.02 Å². The monoisotopic (exact) mass is 421 g/mol. The fraction of sp³-hybridized carbons (Fsp3) is 0.400. The van der Waals surface area contributed by atoms with E-state index < -0.39 is 10.0 Å². The van der Waals surface area contributed by atoms with Gasteiger partial charge < -0.3 is 5.32 Å². The maximum atomic E-state index is 13.1. The number of hydrogen-bond donors (Lipinski definition) is 1. The van der Waals surface area contributed by atoms with Gasteiger partial charge in [0.1, 0.15) is 4.90 Å². The third-order valence-electron chi connectivity index (χ3n) is 4.91. The van der Waals surface area contributed by atoms with Crippen LogP contribution in [0.1, 0.15) is 54.6 Å². The Morgan fingerprint density at radius 2 is 1.89 bits per heavy atom. The Morgan fingerprint density at radius 1 is 1.18 bits per heavy atom. The second-order valence-corrected chi connectivity index (χ2v) is 9.26. The van der Waals surface area contributed by atoms with Crippen molar-refractivity contribution in [2.45, 2.75) is 43.5 Å². The minimum atomic E-state index is -3.74. The standard InChI is InChI=1S/C20H24ClN3O3S/c1-15(17-7-6-10-22-14-17)23-20(25)16-8-9-18(21)19(13-16)28(26,27)24-11-4-2-3-5-12-24/h6-10,13-15H,2-5,11-12H2,1H3,(H,23,25)/t15-/m0/s1. The second-order valence-electron chi connectivity index (χ2n) is 6.95. The molecule has 1 N–H and O–H groups in total. The number of hydrogen-bond acceptors (Lipinski definition) is 4. The van der Waals surface area contributed by atoms with Gasteiger partial charge in [0.05, 0.1) is 11.1 Å². The van der Waals surface area contributed by atoms with Crippen LogP contribution in [-0.4, -0.2) is 36.7 Å². The highest BCUT2D eigenvalue weighted by Crippen LogP contribution is 2.28. The number of carbonyl (C=O) groups is 1. The first-order valence-electron chi connectivity index (χ1n) is 9.40. The molecule has 8 heteroatoms. The Balaban J connectivity index is 1.83. The first-order chi connectivity index (χ1) is 13.4. The van der Waals surface area contributed by atoms with Crippen LogP contribution in [0.25, 0.3) is 0 Å². The summed E-state index contributed by atoms with van der Waals surface area (Å²) in [6.07, 6.45) is 7.06. The molecule has 28 heavy (non-hydrogen) atoms. The Morgan fingerprint density at radius 3 is 2.54 bits per heavy atom. The largest absolute Gasteiger partial charge is 0.345 e. The molecule has 1 aromatic heterocycles. The summed E-state index contributed by atoms with van der Waals surface area (Å²) in [5, 5.41) is 3.00. The molecule has 3 rings (SSSR count). The number of amides is 1. The van der Waals surface area contributed by atoms with Gasteiger partial charge in [0.15, 0.2) is 0 Å². The molecule has 0 saturated carbocycles. The van der Waals surface area contributed by atoms with E-state index in [0.717, 1.165) is 31.2 Å². The molecule has 1 saturated heterocycles. The highest BCUT2D eigenvalue weighted by Gasteiger charge is 2.28.